The lowest BCUT2D eigenvalue weighted by Crippen LogP contribution is -2.48. The molecular formula is C21H19ClFN3O2. The molecule has 1 fully saturated rings. The van der Waals surface area contributed by atoms with Crippen LogP contribution in [0.3, 0.4) is 0 Å². The Bertz CT molecular complexity index is 983. The van der Waals surface area contributed by atoms with Crippen molar-refractivity contribution in [1.82, 2.24) is 15.0 Å². The van der Waals surface area contributed by atoms with Crippen LogP contribution in [-0.2, 0) is 6.54 Å². The highest BCUT2D eigenvalue weighted by Gasteiger charge is 2.25. The van der Waals surface area contributed by atoms with Crippen molar-refractivity contribution in [2.24, 2.45) is 0 Å². The van der Waals surface area contributed by atoms with Crippen LogP contribution in [0.4, 0.5) is 4.39 Å². The smallest absolute Gasteiger partial charge is 0.276 e. The van der Waals surface area contributed by atoms with Gasteiger partial charge in [-0.05, 0) is 18.2 Å². The van der Waals surface area contributed by atoms with E-state index in [1.807, 2.05) is 18.2 Å². The second-order valence-corrected chi connectivity index (χ2v) is 7.18. The van der Waals surface area contributed by atoms with Crippen LogP contribution in [0.15, 0.2) is 59.1 Å². The van der Waals surface area contributed by atoms with Crippen molar-refractivity contribution in [3.8, 4) is 11.3 Å². The van der Waals surface area contributed by atoms with Crippen molar-refractivity contribution in [1.29, 1.82) is 0 Å². The van der Waals surface area contributed by atoms with E-state index in [0.29, 0.717) is 49.1 Å². The van der Waals surface area contributed by atoms with Crippen LogP contribution < -0.4 is 0 Å². The summed E-state index contributed by atoms with van der Waals surface area (Å²) in [6.45, 7) is 3.02. The van der Waals surface area contributed by atoms with E-state index in [-0.39, 0.29) is 17.4 Å². The number of rotatable bonds is 4. The van der Waals surface area contributed by atoms with Gasteiger partial charge in [0.05, 0.1) is 0 Å². The standard InChI is InChI=1S/C21H19ClFN3O2/c22-17-6-3-5-15(12-17)20-13-19(24-28-20)21(27)26-10-8-25(9-11-26)14-16-4-1-2-7-18(16)23/h1-7,12-13H,8-11,14H2. The number of amides is 1. The summed E-state index contributed by atoms with van der Waals surface area (Å²) in [7, 11) is 0. The SMILES string of the molecule is O=C(c1cc(-c2cccc(Cl)c2)on1)N1CCN(Cc2ccccc2F)CC1. The molecule has 4 rings (SSSR count). The molecular weight excluding hydrogens is 381 g/mol. The van der Waals surface area contributed by atoms with E-state index in [1.165, 1.54) is 6.07 Å². The zero-order valence-corrected chi connectivity index (χ0v) is 15.9. The molecule has 3 aromatic rings. The minimum atomic E-state index is -0.197. The largest absolute Gasteiger partial charge is 0.355 e. The molecule has 28 heavy (non-hydrogen) atoms. The Morgan fingerprint density at radius 2 is 1.86 bits per heavy atom. The molecule has 0 radical (unpaired) electrons. The van der Waals surface area contributed by atoms with Crippen LogP contribution in [-0.4, -0.2) is 47.0 Å². The molecule has 2 heterocycles. The Morgan fingerprint density at radius 1 is 1.07 bits per heavy atom. The third kappa shape index (κ3) is 4.08. The molecule has 0 bridgehead atoms. The van der Waals surface area contributed by atoms with Crippen molar-refractivity contribution in [3.63, 3.8) is 0 Å². The summed E-state index contributed by atoms with van der Waals surface area (Å²) in [6, 6.07) is 15.6. The number of nitrogens with zero attached hydrogens (tertiary/aromatic N) is 3. The summed E-state index contributed by atoms with van der Waals surface area (Å²) in [5, 5.41) is 4.51. The van der Waals surface area contributed by atoms with Crippen molar-refractivity contribution >= 4 is 17.5 Å². The van der Waals surface area contributed by atoms with E-state index in [0.717, 1.165) is 5.56 Å². The quantitative estimate of drug-likeness (QED) is 0.663. The molecule has 2 aromatic carbocycles. The zero-order valence-electron chi connectivity index (χ0n) is 15.1. The van der Waals surface area contributed by atoms with E-state index < -0.39 is 0 Å². The number of halogens is 2. The van der Waals surface area contributed by atoms with Gasteiger partial charge in [-0.2, -0.15) is 0 Å². The average molecular weight is 400 g/mol. The maximum atomic E-state index is 13.8. The molecule has 1 aliphatic rings. The maximum absolute atomic E-state index is 13.8. The van der Waals surface area contributed by atoms with Gasteiger partial charge in [-0.1, -0.05) is 47.1 Å². The Labute approximate surface area is 167 Å². The molecule has 0 spiro atoms. The topological polar surface area (TPSA) is 49.6 Å². The highest BCUT2D eigenvalue weighted by Crippen LogP contribution is 2.24. The van der Waals surface area contributed by atoms with Crippen molar-refractivity contribution < 1.29 is 13.7 Å². The molecule has 0 atom stereocenters. The lowest BCUT2D eigenvalue weighted by molar-refractivity contribution is 0.0617. The highest BCUT2D eigenvalue weighted by molar-refractivity contribution is 6.30. The van der Waals surface area contributed by atoms with Gasteiger partial charge in [0.15, 0.2) is 11.5 Å². The van der Waals surface area contributed by atoms with Gasteiger partial charge in [0, 0.05) is 54.9 Å². The lowest BCUT2D eigenvalue weighted by atomic mass is 10.1. The first kappa shape index (κ1) is 18.7. The second-order valence-electron chi connectivity index (χ2n) is 6.75. The van der Waals surface area contributed by atoms with Gasteiger partial charge >= 0.3 is 0 Å². The van der Waals surface area contributed by atoms with Crippen LogP contribution in [0.25, 0.3) is 11.3 Å². The fourth-order valence-electron chi connectivity index (χ4n) is 3.29. The molecule has 1 saturated heterocycles. The second kappa shape index (κ2) is 8.12. The summed E-state index contributed by atoms with van der Waals surface area (Å²) in [5.74, 6) is 0.142. The van der Waals surface area contributed by atoms with Crippen LogP contribution >= 0.6 is 11.6 Å². The minimum absolute atomic E-state index is 0.164. The molecule has 1 aromatic heterocycles. The average Bonchev–Trinajstić information content (AvgIpc) is 3.20. The predicted octanol–water partition coefficient (Wildman–Crippen LogP) is 4.09. The molecule has 7 heteroatoms. The number of aromatic nitrogens is 1. The Balaban J connectivity index is 1.37. The fourth-order valence-corrected chi connectivity index (χ4v) is 3.48. The normalized spacial score (nSPS) is 15.0. The predicted molar refractivity (Wildman–Crippen MR) is 105 cm³/mol. The van der Waals surface area contributed by atoms with E-state index >= 15 is 0 Å². The van der Waals surface area contributed by atoms with E-state index in [1.54, 1.807) is 35.2 Å². The number of hydrogen-bond acceptors (Lipinski definition) is 4. The molecule has 0 N–H and O–H groups in total. The van der Waals surface area contributed by atoms with Crippen LogP contribution in [0.2, 0.25) is 5.02 Å². The van der Waals surface area contributed by atoms with Crippen molar-refractivity contribution in [2.45, 2.75) is 6.54 Å². The number of piperazine rings is 1. The summed E-state index contributed by atoms with van der Waals surface area (Å²) in [4.78, 5) is 16.6. The van der Waals surface area contributed by atoms with Crippen LogP contribution in [0, 0.1) is 5.82 Å². The molecule has 0 saturated carbocycles. The molecule has 0 aliphatic carbocycles. The van der Waals surface area contributed by atoms with Gasteiger partial charge in [-0.15, -0.1) is 0 Å². The maximum Gasteiger partial charge on any atom is 0.276 e. The molecule has 1 amide bonds. The van der Waals surface area contributed by atoms with E-state index in [2.05, 4.69) is 10.1 Å². The van der Waals surface area contributed by atoms with Gasteiger partial charge in [0.1, 0.15) is 5.82 Å². The van der Waals surface area contributed by atoms with Gasteiger partial charge in [-0.25, -0.2) is 4.39 Å². The van der Waals surface area contributed by atoms with Crippen LogP contribution in [0.1, 0.15) is 16.1 Å². The number of hydrogen-bond donors (Lipinski definition) is 0. The van der Waals surface area contributed by atoms with Crippen molar-refractivity contribution in [3.05, 3.63) is 76.7 Å². The fraction of sp³-hybridized carbons (Fsp3) is 0.238. The Hall–Kier alpha value is -2.70. The summed E-state index contributed by atoms with van der Waals surface area (Å²) >= 11 is 6.00. The number of carbonyl (C=O) groups is 1. The third-order valence-electron chi connectivity index (χ3n) is 4.85. The van der Waals surface area contributed by atoms with Crippen LogP contribution in [0.5, 0.6) is 0 Å². The summed E-state index contributed by atoms with van der Waals surface area (Å²) in [5.41, 5.74) is 1.72. The van der Waals surface area contributed by atoms with Gasteiger partial charge < -0.3 is 9.42 Å². The molecule has 144 valence electrons. The van der Waals surface area contributed by atoms with Gasteiger partial charge in [0.25, 0.3) is 5.91 Å². The zero-order chi connectivity index (χ0) is 19.5. The first-order chi connectivity index (χ1) is 13.6. The molecule has 1 aliphatic heterocycles. The lowest BCUT2D eigenvalue weighted by Gasteiger charge is -2.34. The number of carbonyl (C=O) groups excluding carboxylic acids is 1. The highest BCUT2D eigenvalue weighted by atomic mass is 35.5. The first-order valence-corrected chi connectivity index (χ1v) is 9.45. The van der Waals surface area contributed by atoms with Gasteiger partial charge in [-0.3, -0.25) is 9.69 Å². The Morgan fingerprint density at radius 3 is 2.61 bits per heavy atom. The van der Waals surface area contributed by atoms with E-state index in [9.17, 15) is 9.18 Å². The van der Waals surface area contributed by atoms with Crippen molar-refractivity contribution in [2.75, 3.05) is 26.2 Å². The monoisotopic (exact) mass is 399 g/mol. The molecule has 5 nitrogen and oxygen atoms in total. The summed E-state index contributed by atoms with van der Waals surface area (Å²) in [6.07, 6.45) is 0. The molecule has 0 unspecified atom stereocenters. The first-order valence-electron chi connectivity index (χ1n) is 9.08. The Kier molecular flexibility index (Phi) is 5.41. The van der Waals surface area contributed by atoms with Gasteiger partial charge in [0.2, 0.25) is 0 Å². The third-order valence-corrected chi connectivity index (χ3v) is 5.08. The minimum Gasteiger partial charge on any atom is -0.355 e. The van der Waals surface area contributed by atoms with E-state index in [4.69, 9.17) is 16.1 Å². The number of benzene rings is 2. The summed E-state index contributed by atoms with van der Waals surface area (Å²) < 4.78 is 19.1.